The molecule has 0 spiro atoms. The van der Waals surface area contributed by atoms with E-state index in [9.17, 15) is 9.59 Å². The highest BCUT2D eigenvalue weighted by atomic mass is 16.7. The maximum absolute atomic E-state index is 12.3. The van der Waals surface area contributed by atoms with Crippen LogP contribution in [0.1, 0.15) is 13.3 Å². The Kier molecular flexibility index (Phi) is 5.26. The third-order valence-electron chi connectivity index (χ3n) is 3.99. The molecule has 26 heavy (non-hydrogen) atoms. The topological polar surface area (TPSA) is 77.1 Å². The standard InChI is InChI=1S/C19H20N2O5/c1-13(22)21(14-7-8-17-18(11-14)26-12-25-17)10-9-19(23)20-15-5-3-4-6-16(15)24-2/h3-8,11H,9-10,12H2,1-2H3,(H,20,23). The minimum atomic E-state index is -0.207. The van der Waals surface area contributed by atoms with E-state index in [2.05, 4.69) is 5.32 Å². The predicted molar refractivity (Wildman–Crippen MR) is 96.8 cm³/mol. The zero-order valence-electron chi connectivity index (χ0n) is 14.7. The number of anilines is 2. The van der Waals surface area contributed by atoms with Crippen molar-refractivity contribution < 1.29 is 23.8 Å². The molecule has 7 nitrogen and oxygen atoms in total. The van der Waals surface area contributed by atoms with Crippen LogP contribution in [0.4, 0.5) is 11.4 Å². The van der Waals surface area contributed by atoms with Crippen LogP contribution in [0.5, 0.6) is 17.2 Å². The molecule has 2 aromatic carbocycles. The van der Waals surface area contributed by atoms with E-state index >= 15 is 0 Å². The van der Waals surface area contributed by atoms with E-state index in [4.69, 9.17) is 14.2 Å². The summed E-state index contributed by atoms with van der Waals surface area (Å²) >= 11 is 0. The SMILES string of the molecule is COc1ccccc1NC(=O)CCN(C(C)=O)c1ccc2c(c1)OCO2. The lowest BCUT2D eigenvalue weighted by molar-refractivity contribution is -0.117. The number of benzene rings is 2. The molecule has 1 aliphatic rings. The number of hydrogen-bond acceptors (Lipinski definition) is 5. The highest BCUT2D eigenvalue weighted by Crippen LogP contribution is 2.35. The summed E-state index contributed by atoms with van der Waals surface area (Å²) in [5.41, 5.74) is 1.25. The molecule has 0 saturated carbocycles. The van der Waals surface area contributed by atoms with Crippen molar-refractivity contribution in [2.75, 3.05) is 30.7 Å². The summed E-state index contributed by atoms with van der Waals surface area (Å²) in [7, 11) is 1.54. The Hall–Kier alpha value is -3.22. The van der Waals surface area contributed by atoms with Crippen molar-refractivity contribution in [2.45, 2.75) is 13.3 Å². The van der Waals surface area contributed by atoms with Gasteiger partial charge < -0.3 is 24.4 Å². The van der Waals surface area contributed by atoms with Crippen LogP contribution in [0.15, 0.2) is 42.5 Å². The number of carbonyl (C=O) groups is 2. The van der Waals surface area contributed by atoms with Crippen LogP contribution >= 0.6 is 0 Å². The fourth-order valence-corrected chi connectivity index (χ4v) is 2.70. The first kappa shape index (κ1) is 17.6. The molecule has 0 radical (unpaired) electrons. The smallest absolute Gasteiger partial charge is 0.231 e. The van der Waals surface area contributed by atoms with Crippen LogP contribution in [0.3, 0.4) is 0 Å². The zero-order valence-corrected chi connectivity index (χ0v) is 14.7. The molecule has 0 fully saturated rings. The first-order chi connectivity index (χ1) is 12.6. The molecule has 7 heteroatoms. The molecular weight excluding hydrogens is 336 g/mol. The van der Waals surface area contributed by atoms with Crippen molar-refractivity contribution in [3.05, 3.63) is 42.5 Å². The van der Waals surface area contributed by atoms with Crippen LogP contribution in [-0.4, -0.2) is 32.3 Å². The van der Waals surface area contributed by atoms with Crippen molar-refractivity contribution in [1.29, 1.82) is 0 Å². The number of fused-ring (bicyclic) bond motifs is 1. The van der Waals surface area contributed by atoms with Gasteiger partial charge in [-0.05, 0) is 24.3 Å². The number of hydrogen-bond donors (Lipinski definition) is 1. The number of para-hydroxylation sites is 2. The molecule has 2 amide bonds. The maximum atomic E-state index is 12.3. The summed E-state index contributed by atoms with van der Waals surface area (Å²) in [6, 6.07) is 12.4. The molecule has 1 aliphatic heterocycles. The van der Waals surface area contributed by atoms with Gasteiger partial charge in [-0.25, -0.2) is 0 Å². The van der Waals surface area contributed by atoms with Gasteiger partial charge in [-0.2, -0.15) is 0 Å². The van der Waals surface area contributed by atoms with Crippen LogP contribution in [0.2, 0.25) is 0 Å². The Morgan fingerprint density at radius 2 is 1.92 bits per heavy atom. The molecule has 0 atom stereocenters. The number of amides is 2. The number of ether oxygens (including phenoxy) is 3. The average molecular weight is 356 g/mol. The second-order valence-electron chi connectivity index (χ2n) is 5.71. The first-order valence-corrected chi connectivity index (χ1v) is 8.19. The van der Waals surface area contributed by atoms with Crippen molar-refractivity contribution in [3.63, 3.8) is 0 Å². The van der Waals surface area contributed by atoms with Crippen LogP contribution in [0, 0.1) is 0 Å². The van der Waals surface area contributed by atoms with E-state index in [1.807, 2.05) is 12.1 Å². The average Bonchev–Trinajstić information content (AvgIpc) is 3.10. The van der Waals surface area contributed by atoms with Gasteiger partial charge in [0.2, 0.25) is 18.6 Å². The molecule has 0 aromatic heterocycles. The number of rotatable bonds is 6. The number of carbonyl (C=O) groups excluding carboxylic acids is 2. The fraction of sp³-hybridized carbons (Fsp3) is 0.263. The Morgan fingerprint density at radius 3 is 2.69 bits per heavy atom. The summed E-state index contributed by atoms with van der Waals surface area (Å²) < 4.78 is 15.8. The molecule has 0 saturated heterocycles. The van der Waals surface area contributed by atoms with Crippen molar-refractivity contribution >= 4 is 23.2 Å². The predicted octanol–water partition coefficient (Wildman–Crippen LogP) is 2.81. The van der Waals surface area contributed by atoms with Crippen LogP contribution in [-0.2, 0) is 9.59 Å². The first-order valence-electron chi connectivity index (χ1n) is 8.19. The Bertz CT molecular complexity index is 821. The minimum absolute atomic E-state index is 0.145. The Labute approximate surface area is 151 Å². The highest BCUT2D eigenvalue weighted by molar-refractivity contribution is 5.95. The van der Waals surface area contributed by atoms with Gasteiger partial charge in [0.05, 0.1) is 12.8 Å². The maximum Gasteiger partial charge on any atom is 0.231 e. The lowest BCUT2D eigenvalue weighted by Gasteiger charge is -2.21. The quantitative estimate of drug-likeness (QED) is 0.861. The van der Waals surface area contributed by atoms with Crippen LogP contribution in [0.25, 0.3) is 0 Å². The van der Waals surface area contributed by atoms with Crippen LogP contribution < -0.4 is 24.4 Å². The lowest BCUT2D eigenvalue weighted by Crippen LogP contribution is -2.31. The zero-order chi connectivity index (χ0) is 18.5. The molecular formula is C19H20N2O5. The fourth-order valence-electron chi connectivity index (χ4n) is 2.70. The van der Waals surface area contributed by atoms with Gasteiger partial charge in [-0.3, -0.25) is 9.59 Å². The largest absolute Gasteiger partial charge is 0.495 e. The van der Waals surface area contributed by atoms with E-state index in [1.165, 1.54) is 11.8 Å². The molecule has 0 bridgehead atoms. The third-order valence-corrected chi connectivity index (χ3v) is 3.99. The summed E-state index contributed by atoms with van der Waals surface area (Å²) in [5.74, 6) is 1.45. The monoisotopic (exact) mass is 356 g/mol. The number of nitrogens with one attached hydrogen (secondary N) is 1. The molecule has 2 aromatic rings. The lowest BCUT2D eigenvalue weighted by atomic mass is 10.2. The molecule has 1 N–H and O–H groups in total. The normalized spacial score (nSPS) is 11.8. The van der Waals surface area contributed by atoms with Gasteiger partial charge in [0, 0.05) is 31.6 Å². The van der Waals surface area contributed by atoms with E-state index < -0.39 is 0 Å². The highest BCUT2D eigenvalue weighted by Gasteiger charge is 2.19. The van der Waals surface area contributed by atoms with E-state index in [0.29, 0.717) is 28.6 Å². The van der Waals surface area contributed by atoms with Gasteiger partial charge in [-0.15, -0.1) is 0 Å². The molecule has 136 valence electrons. The summed E-state index contributed by atoms with van der Waals surface area (Å²) in [4.78, 5) is 25.8. The Balaban J connectivity index is 1.65. The number of methoxy groups -OCH3 is 1. The number of nitrogens with zero attached hydrogens (tertiary/aromatic N) is 1. The van der Waals surface area contributed by atoms with Gasteiger partial charge in [0.15, 0.2) is 11.5 Å². The second-order valence-corrected chi connectivity index (χ2v) is 5.71. The van der Waals surface area contributed by atoms with Gasteiger partial charge in [0.1, 0.15) is 5.75 Å². The van der Waals surface area contributed by atoms with Crippen molar-refractivity contribution in [2.24, 2.45) is 0 Å². The van der Waals surface area contributed by atoms with Gasteiger partial charge in [-0.1, -0.05) is 12.1 Å². The molecule has 3 rings (SSSR count). The van der Waals surface area contributed by atoms with E-state index in [-0.39, 0.29) is 31.6 Å². The van der Waals surface area contributed by atoms with Gasteiger partial charge in [0.25, 0.3) is 0 Å². The second kappa shape index (κ2) is 7.77. The van der Waals surface area contributed by atoms with Gasteiger partial charge >= 0.3 is 0 Å². The van der Waals surface area contributed by atoms with Crippen molar-refractivity contribution in [3.8, 4) is 17.2 Å². The molecule has 0 aliphatic carbocycles. The minimum Gasteiger partial charge on any atom is -0.495 e. The Morgan fingerprint density at radius 1 is 1.15 bits per heavy atom. The van der Waals surface area contributed by atoms with Crippen molar-refractivity contribution in [1.82, 2.24) is 0 Å². The summed E-state index contributed by atoms with van der Waals surface area (Å²) in [6.45, 7) is 1.87. The summed E-state index contributed by atoms with van der Waals surface area (Å²) in [6.07, 6.45) is 0.145. The third kappa shape index (κ3) is 3.88. The summed E-state index contributed by atoms with van der Waals surface area (Å²) in [5, 5.41) is 2.80. The molecule has 1 heterocycles. The van der Waals surface area contributed by atoms with E-state index in [0.717, 1.165) is 0 Å². The molecule has 0 unspecified atom stereocenters. The van der Waals surface area contributed by atoms with E-state index in [1.54, 1.807) is 37.4 Å².